The number of nitrogens with zero attached hydrogens (tertiary/aromatic N) is 6. The Hall–Kier alpha value is -3.20. The number of imide groups is 1. The highest BCUT2D eigenvalue weighted by Gasteiger charge is 2.54. The van der Waals surface area contributed by atoms with Gasteiger partial charge in [0.05, 0.1) is 7.11 Å². The topological polar surface area (TPSA) is 74.3 Å². The number of likely N-dealkylation sites (tertiary alicyclic amines) is 1. The van der Waals surface area contributed by atoms with Crippen LogP contribution in [-0.4, -0.2) is 77.4 Å². The zero-order chi connectivity index (χ0) is 23.3. The molecular formula is C24H31N6O3+. The van der Waals surface area contributed by atoms with E-state index < -0.39 is 6.04 Å². The highest BCUT2D eigenvalue weighted by atomic mass is 16.5. The first-order valence-corrected chi connectivity index (χ1v) is 11.6. The summed E-state index contributed by atoms with van der Waals surface area (Å²) in [5.74, 6) is 1.71. The molecule has 3 aliphatic heterocycles. The zero-order valence-corrected chi connectivity index (χ0v) is 19.7. The lowest BCUT2D eigenvalue weighted by Crippen LogP contribution is -2.64. The van der Waals surface area contributed by atoms with Crippen molar-refractivity contribution in [2.45, 2.75) is 39.2 Å². The molecule has 5 rings (SSSR count). The number of aromatic nitrogens is 2. The first kappa shape index (κ1) is 21.6. The molecule has 3 amide bonds. The Balaban J connectivity index is 1.49. The summed E-state index contributed by atoms with van der Waals surface area (Å²) in [6.45, 7) is 7.20. The van der Waals surface area contributed by atoms with E-state index in [-0.39, 0.29) is 11.9 Å². The van der Waals surface area contributed by atoms with Gasteiger partial charge in [-0.15, -0.1) is 0 Å². The molecule has 1 aromatic heterocycles. The molecule has 0 N–H and O–H groups in total. The average molecular weight is 452 g/mol. The molecule has 0 bridgehead atoms. The van der Waals surface area contributed by atoms with Gasteiger partial charge in [-0.25, -0.2) is 9.36 Å². The van der Waals surface area contributed by atoms with Gasteiger partial charge in [0.2, 0.25) is 11.9 Å². The summed E-state index contributed by atoms with van der Waals surface area (Å²) in [6, 6.07) is 6.82. The van der Waals surface area contributed by atoms with Crippen LogP contribution in [0.1, 0.15) is 36.7 Å². The minimum absolute atomic E-state index is 0.201. The van der Waals surface area contributed by atoms with E-state index in [4.69, 9.17) is 9.73 Å². The number of hydrogen-bond acceptors (Lipinski definition) is 5. The molecule has 2 aromatic rings. The summed E-state index contributed by atoms with van der Waals surface area (Å²) in [5, 5.41) is 0. The Labute approximate surface area is 193 Å². The number of carbonyl (C=O) groups excluding carboxylic acids is 2. The van der Waals surface area contributed by atoms with Gasteiger partial charge in [-0.2, -0.15) is 4.57 Å². The van der Waals surface area contributed by atoms with Crippen LogP contribution in [0.3, 0.4) is 0 Å². The van der Waals surface area contributed by atoms with Crippen LogP contribution in [0, 0.1) is 13.8 Å². The van der Waals surface area contributed by atoms with E-state index in [1.165, 1.54) is 29.1 Å². The lowest BCUT2D eigenvalue weighted by molar-refractivity contribution is -0.682. The molecule has 9 heteroatoms. The van der Waals surface area contributed by atoms with Crippen LogP contribution >= 0.6 is 0 Å². The number of ether oxygens (including phenoxy) is 1. The van der Waals surface area contributed by atoms with E-state index in [2.05, 4.69) is 4.90 Å². The van der Waals surface area contributed by atoms with E-state index in [1.54, 1.807) is 14.2 Å². The third-order valence-electron chi connectivity index (χ3n) is 7.13. The molecule has 1 aromatic carbocycles. The second-order valence-electron chi connectivity index (χ2n) is 8.98. The van der Waals surface area contributed by atoms with Crippen molar-refractivity contribution < 1.29 is 18.9 Å². The second-order valence-corrected chi connectivity index (χ2v) is 8.98. The number of likely N-dealkylation sites (N-methyl/N-ethyl adjacent to an activating group) is 1. The zero-order valence-electron chi connectivity index (χ0n) is 19.7. The van der Waals surface area contributed by atoms with E-state index in [0.29, 0.717) is 24.9 Å². The van der Waals surface area contributed by atoms with Crippen molar-refractivity contribution in [1.82, 2.24) is 19.3 Å². The summed E-state index contributed by atoms with van der Waals surface area (Å²) in [6.07, 6.45) is 3.61. The van der Waals surface area contributed by atoms with E-state index >= 15 is 0 Å². The van der Waals surface area contributed by atoms with Crippen molar-refractivity contribution >= 4 is 23.7 Å². The van der Waals surface area contributed by atoms with Crippen molar-refractivity contribution in [3.05, 3.63) is 35.7 Å². The quantitative estimate of drug-likeness (QED) is 0.654. The van der Waals surface area contributed by atoms with Crippen molar-refractivity contribution in [3.8, 4) is 11.4 Å². The molecule has 0 saturated carbocycles. The summed E-state index contributed by atoms with van der Waals surface area (Å²) < 4.78 is 9.29. The van der Waals surface area contributed by atoms with Gasteiger partial charge in [0, 0.05) is 20.1 Å². The Morgan fingerprint density at radius 3 is 2.42 bits per heavy atom. The van der Waals surface area contributed by atoms with Gasteiger partial charge >= 0.3 is 12.0 Å². The minimum Gasteiger partial charge on any atom is -0.497 e. The van der Waals surface area contributed by atoms with Crippen LogP contribution in [0.2, 0.25) is 0 Å². The molecule has 1 unspecified atom stereocenters. The lowest BCUT2D eigenvalue weighted by atomic mass is 10.1. The molecular weight excluding hydrogens is 420 g/mol. The predicted molar refractivity (Wildman–Crippen MR) is 123 cm³/mol. The first-order chi connectivity index (χ1) is 15.9. The number of urea groups is 1. The van der Waals surface area contributed by atoms with Crippen molar-refractivity contribution in [3.63, 3.8) is 0 Å². The maximum Gasteiger partial charge on any atom is 0.407 e. The molecule has 3 aliphatic rings. The molecule has 1 atom stereocenters. The minimum atomic E-state index is -0.623. The summed E-state index contributed by atoms with van der Waals surface area (Å²) >= 11 is 0. The van der Waals surface area contributed by atoms with E-state index in [9.17, 15) is 9.59 Å². The van der Waals surface area contributed by atoms with Gasteiger partial charge in [0.25, 0.3) is 5.91 Å². The Morgan fingerprint density at radius 2 is 1.76 bits per heavy atom. The normalized spacial score (nSPS) is 20.7. The van der Waals surface area contributed by atoms with Gasteiger partial charge in [0.15, 0.2) is 0 Å². The molecule has 4 heterocycles. The van der Waals surface area contributed by atoms with E-state index in [0.717, 1.165) is 35.9 Å². The maximum atomic E-state index is 13.6. The highest BCUT2D eigenvalue weighted by Crippen LogP contribution is 2.33. The van der Waals surface area contributed by atoms with Gasteiger partial charge < -0.3 is 9.64 Å². The van der Waals surface area contributed by atoms with Crippen molar-refractivity contribution in [2.24, 2.45) is 4.99 Å². The third kappa shape index (κ3) is 3.42. The SMILES string of the molecule is COc1ccc(-n2c(C)c(C)[n+]3c2N=C2C3C(=O)N(CCN3CCCCC3)C(=O)N2C)cc1. The lowest BCUT2D eigenvalue weighted by Gasteiger charge is -2.35. The summed E-state index contributed by atoms with van der Waals surface area (Å²) in [4.78, 5) is 36.8. The van der Waals surface area contributed by atoms with Crippen molar-refractivity contribution in [2.75, 3.05) is 40.3 Å². The Morgan fingerprint density at radius 1 is 1.06 bits per heavy atom. The molecule has 9 nitrogen and oxygen atoms in total. The Kier molecular flexibility index (Phi) is 5.44. The summed E-state index contributed by atoms with van der Waals surface area (Å²) in [5.41, 5.74) is 2.89. The number of amides is 3. The Bertz CT molecular complexity index is 1130. The van der Waals surface area contributed by atoms with Crippen molar-refractivity contribution in [1.29, 1.82) is 0 Å². The molecule has 0 spiro atoms. The number of aliphatic imine (C=N–C) groups is 1. The van der Waals surface area contributed by atoms with Crippen LogP contribution in [-0.2, 0) is 4.79 Å². The third-order valence-corrected chi connectivity index (χ3v) is 7.13. The first-order valence-electron chi connectivity index (χ1n) is 11.6. The molecule has 0 aliphatic carbocycles. The second kappa shape index (κ2) is 8.30. The highest BCUT2D eigenvalue weighted by molar-refractivity contribution is 6.19. The average Bonchev–Trinajstić information content (AvgIpc) is 3.33. The molecule has 0 radical (unpaired) electrons. The largest absolute Gasteiger partial charge is 0.497 e. The van der Waals surface area contributed by atoms with Gasteiger partial charge in [-0.05, 0) is 64.0 Å². The number of carbonyl (C=O) groups is 2. The van der Waals surface area contributed by atoms with E-state index in [1.807, 2.05) is 47.2 Å². The molecule has 33 heavy (non-hydrogen) atoms. The maximum absolute atomic E-state index is 13.6. The number of rotatable bonds is 5. The molecule has 2 saturated heterocycles. The molecule has 174 valence electrons. The number of piperidine rings is 1. The van der Waals surface area contributed by atoms with Crippen LogP contribution in [0.5, 0.6) is 5.75 Å². The fraction of sp³-hybridized carbons (Fsp3) is 0.500. The number of hydrogen-bond donors (Lipinski definition) is 0. The number of imidazole rings is 1. The smallest absolute Gasteiger partial charge is 0.407 e. The van der Waals surface area contributed by atoms with Crippen LogP contribution in [0.25, 0.3) is 5.69 Å². The number of amidine groups is 1. The summed E-state index contributed by atoms with van der Waals surface area (Å²) in [7, 11) is 3.35. The fourth-order valence-corrected chi connectivity index (χ4v) is 5.11. The molecule has 2 fully saturated rings. The fourth-order valence-electron chi connectivity index (χ4n) is 5.11. The monoisotopic (exact) mass is 451 g/mol. The number of methoxy groups -OCH3 is 1. The number of fused-ring (bicyclic) bond motifs is 3. The van der Waals surface area contributed by atoms with Gasteiger partial charge in [-0.1, -0.05) is 11.4 Å². The van der Waals surface area contributed by atoms with Gasteiger partial charge in [0.1, 0.15) is 22.8 Å². The van der Waals surface area contributed by atoms with Crippen LogP contribution in [0.15, 0.2) is 29.3 Å². The van der Waals surface area contributed by atoms with Crippen LogP contribution < -0.4 is 9.30 Å². The standard InChI is InChI=1S/C24H31N6O3/c1-16-17(2)30-20-21(25-23(30)29(16)18-8-10-19(33-4)11-9-18)26(3)24(32)28(22(20)31)15-14-27-12-6-5-7-13-27/h8-11,20H,5-7,12-15H2,1-4H3/q+1. The predicted octanol–water partition coefficient (Wildman–Crippen LogP) is 2.35. The van der Waals surface area contributed by atoms with Crippen LogP contribution in [0.4, 0.5) is 10.7 Å². The van der Waals surface area contributed by atoms with Gasteiger partial charge in [-0.3, -0.25) is 14.6 Å². The number of benzene rings is 1.